The Morgan fingerprint density at radius 1 is 0.853 bits per heavy atom. The third-order valence-electron chi connectivity index (χ3n) is 12.2. The summed E-state index contributed by atoms with van der Waals surface area (Å²) in [6.07, 6.45) is 4.84. The first kappa shape index (κ1) is 64.9. The number of hydrogen-bond acceptors (Lipinski definition) is 26. The Morgan fingerprint density at radius 3 is 2.11 bits per heavy atom. The minimum atomic E-state index is -5.93. The molecule has 2 fully saturated rings. The van der Waals surface area contributed by atoms with E-state index in [0.717, 1.165) is 73.9 Å². The van der Waals surface area contributed by atoms with Gasteiger partial charge in [-0.05, 0) is 19.8 Å². The molecule has 0 bridgehead atoms. The number of aromatic nitrogens is 4. The van der Waals surface area contributed by atoms with Crippen molar-refractivity contribution in [1.82, 2.24) is 30.2 Å². The highest BCUT2D eigenvalue weighted by molar-refractivity contribution is 8.13. The third-order valence-corrected chi connectivity index (χ3v) is 16.2. The quantitative estimate of drug-likeness (QED) is 0.0360. The number of thioether (sulfide) groups is 1. The number of phosphoric acid groups is 3. The lowest BCUT2D eigenvalue weighted by Gasteiger charge is -2.36. The molecular formula is C43H72N7O21P3S-4. The lowest BCUT2D eigenvalue weighted by molar-refractivity contribution is -0.347. The molecule has 2 aliphatic rings. The van der Waals surface area contributed by atoms with E-state index in [1.54, 1.807) is 6.92 Å². The van der Waals surface area contributed by atoms with E-state index in [0.29, 0.717) is 18.8 Å². The minimum Gasteiger partial charge on any atom is -0.790 e. The zero-order valence-electron chi connectivity index (χ0n) is 42.3. The molecule has 2 amide bonds. The number of aliphatic hydroxyl groups excluding tert-OH is 4. The molecule has 28 nitrogen and oxygen atoms in total. The van der Waals surface area contributed by atoms with Gasteiger partial charge in [-0.25, -0.2) is 19.3 Å². The van der Waals surface area contributed by atoms with E-state index < -0.39 is 103 Å². The molecular weight excluding hydrogens is 1080 g/mol. The predicted molar refractivity (Wildman–Crippen MR) is 260 cm³/mol. The van der Waals surface area contributed by atoms with E-state index in [-0.39, 0.29) is 54.1 Å². The number of nitrogen functional groups attached to an aromatic ring is 1. The third kappa shape index (κ3) is 23.0. The summed E-state index contributed by atoms with van der Waals surface area (Å²) in [6, 6.07) is 0. The summed E-state index contributed by atoms with van der Waals surface area (Å²) in [5, 5.41) is 46.2. The molecule has 11 atom stereocenters. The van der Waals surface area contributed by atoms with Crippen molar-refractivity contribution in [2.45, 2.75) is 179 Å². The highest BCUT2D eigenvalue weighted by atomic mass is 32.2. The molecule has 0 spiro atoms. The zero-order valence-corrected chi connectivity index (χ0v) is 45.8. The summed E-state index contributed by atoms with van der Waals surface area (Å²) in [4.78, 5) is 97.1. The zero-order chi connectivity index (χ0) is 55.4. The van der Waals surface area contributed by atoms with E-state index >= 15 is 0 Å². The van der Waals surface area contributed by atoms with Gasteiger partial charge >= 0.3 is 0 Å². The highest BCUT2D eigenvalue weighted by Crippen LogP contribution is 2.56. The maximum Gasteiger partial charge on any atom is 0.274 e. The van der Waals surface area contributed by atoms with Crippen molar-refractivity contribution in [2.75, 3.05) is 44.4 Å². The Kier molecular flexibility index (Phi) is 27.1. The average molecular weight is 1150 g/mol. The lowest BCUT2D eigenvalue weighted by Crippen LogP contribution is -2.47. The van der Waals surface area contributed by atoms with Gasteiger partial charge in [0.1, 0.15) is 42.4 Å². The van der Waals surface area contributed by atoms with Crippen LogP contribution in [0.4, 0.5) is 5.82 Å². The first-order valence-corrected chi connectivity index (χ1v) is 30.3. The fourth-order valence-corrected chi connectivity index (χ4v) is 11.4. The summed E-state index contributed by atoms with van der Waals surface area (Å²) in [5.41, 5.74) is 4.07. The molecule has 4 rings (SSSR count). The fraction of sp³-hybridized carbons (Fsp3) is 0.814. The molecule has 32 heteroatoms. The largest absolute Gasteiger partial charge is 0.790 e. The molecule has 0 saturated carbocycles. The molecule has 0 radical (unpaired) electrons. The smallest absolute Gasteiger partial charge is 0.274 e. The molecule has 2 aromatic heterocycles. The van der Waals surface area contributed by atoms with Gasteiger partial charge in [-0.15, -0.1) is 0 Å². The first-order chi connectivity index (χ1) is 35.3. The SMILES string of the molecule is C[C@@H]1O[C@@H](OCCCCCCCCCCCCCCCC(=O)SCCNC(=O)CCNC(=O)[C@H](O)C(C)(C)COP(=O)([O-])OP(=O)([O-])OC[C@H]2O[C@@H](n3cnc4c(N)ncnc43)[C@H](O)[C@@H]2OP(=O)([O-])[O-])[C@H](O)C[C@H]1O. The highest BCUT2D eigenvalue weighted by Gasteiger charge is 2.47. The Balaban J connectivity index is 0.999. The van der Waals surface area contributed by atoms with Gasteiger partial charge in [0, 0.05) is 50.1 Å². The second kappa shape index (κ2) is 31.3. The van der Waals surface area contributed by atoms with Crippen molar-refractivity contribution < 1.29 is 100 Å². The van der Waals surface area contributed by atoms with Crippen LogP contribution in [0.25, 0.3) is 11.2 Å². The van der Waals surface area contributed by atoms with Gasteiger partial charge in [0.25, 0.3) is 15.6 Å². The number of fused-ring (bicyclic) bond motifs is 1. The summed E-state index contributed by atoms with van der Waals surface area (Å²) >= 11 is 1.12. The Morgan fingerprint density at radius 2 is 1.47 bits per heavy atom. The first-order valence-electron chi connectivity index (χ1n) is 24.9. The molecule has 2 unspecified atom stereocenters. The van der Waals surface area contributed by atoms with Crippen LogP contribution in [0.2, 0.25) is 0 Å². The predicted octanol–water partition coefficient (Wildman–Crippen LogP) is 0.471. The lowest BCUT2D eigenvalue weighted by atomic mass is 9.87. The van der Waals surface area contributed by atoms with E-state index in [9.17, 15) is 68.1 Å². The van der Waals surface area contributed by atoms with Crippen LogP contribution >= 0.6 is 35.2 Å². The number of rotatable bonds is 36. The van der Waals surface area contributed by atoms with Crippen molar-refractivity contribution >= 4 is 69.1 Å². The van der Waals surface area contributed by atoms with Crippen LogP contribution in [-0.4, -0.2) is 145 Å². The second-order valence-corrected chi connectivity index (χ2v) is 24.2. The van der Waals surface area contributed by atoms with Gasteiger partial charge < -0.3 is 88.7 Å². The summed E-state index contributed by atoms with van der Waals surface area (Å²) in [7, 11) is -17.6. The van der Waals surface area contributed by atoms with Crippen molar-refractivity contribution in [3.8, 4) is 0 Å². The maximum atomic E-state index is 12.7. The molecule has 4 heterocycles. The number of imidazole rings is 1. The van der Waals surface area contributed by atoms with Crippen LogP contribution in [0, 0.1) is 5.41 Å². The monoisotopic (exact) mass is 1150 g/mol. The normalized spacial score (nSPS) is 24.4. The molecule has 0 aromatic carbocycles. The van der Waals surface area contributed by atoms with Crippen molar-refractivity contribution in [2.24, 2.45) is 5.41 Å². The van der Waals surface area contributed by atoms with Crippen LogP contribution in [0.15, 0.2) is 12.7 Å². The van der Waals surface area contributed by atoms with Crippen molar-refractivity contribution in [3.63, 3.8) is 0 Å². The average Bonchev–Trinajstić information content (AvgIpc) is 3.89. The number of amides is 2. The van der Waals surface area contributed by atoms with Crippen molar-refractivity contribution in [1.29, 1.82) is 0 Å². The Hall–Kier alpha value is -2.60. The number of carbonyl (C=O) groups excluding carboxylic acids is 3. The van der Waals surface area contributed by atoms with E-state index in [4.69, 9.17) is 19.9 Å². The van der Waals surface area contributed by atoms with E-state index in [1.165, 1.54) is 52.4 Å². The molecule has 430 valence electrons. The number of aliphatic hydroxyl groups is 4. The molecule has 2 aromatic rings. The van der Waals surface area contributed by atoms with E-state index in [1.807, 2.05) is 0 Å². The van der Waals surface area contributed by atoms with Gasteiger partial charge in [-0.2, -0.15) is 0 Å². The number of anilines is 1. The number of nitrogens with zero attached hydrogens (tertiary/aromatic N) is 4. The van der Waals surface area contributed by atoms with Gasteiger partial charge in [-0.3, -0.25) is 28.1 Å². The van der Waals surface area contributed by atoms with Crippen molar-refractivity contribution in [3.05, 3.63) is 12.7 Å². The van der Waals surface area contributed by atoms with E-state index in [2.05, 4.69) is 43.5 Å². The van der Waals surface area contributed by atoms with Gasteiger partial charge in [0.15, 0.2) is 29.1 Å². The number of phosphoric ester groups is 3. The Bertz CT molecular complexity index is 2250. The van der Waals surface area contributed by atoms with Gasteiger partial charge in [0.05, 0.1) is 39.6 Å². The fourth-order valence-electron chi connectivity index (χ4n) is 7.95. The minimum absolute atomic E-state index is 0.0238. The number of nitrogens with one attached hydrogen (secondary N) is 2. The van der Waals surface area contributed by atoms with Crippen LogP contribution in [0.3, 0.4) is 0 Å². The number of ether oxygens (including phenoxy) is 3. The molecule has 8 N–H and O–H groups in total. The molecule has 75 heavy (non-hydrogen) atoms. The number of hydrogen-bond donors (Lipinski definition) is 7. The Labute approximate surface area is 439 Å². The summed E-state index contributed by atoms with van der Waals surface area (Å²) in [5.74, 6) is -1.19. The van der Waals surface area contributed by atoms with Crippen LogP contribution < -0.4 is 35.9 Å². The number of carbonyl (C=O) groups is 3. The van der Waals surface area contributed by atoms with Crippen LogP contribution in [-0.2, 0) is 60.2 Å². The molecule has 2 saturated heterocycles. The summed E-state index contributed by atoms with van der Waals surface area (Å²) < 4.78 is 72.1. The maximum absolute atomic E-state index is 12.7. The van der Waals surface area contributed by atoms with Crippen LogP contribution in [0.1, 0.15) is 130 Å². The second-order valence-electron chi connectivity index (χ2n) is 19.0. The van der Waals surface area contributed by atoms with Gasteiger partial charge in [0.2, 0.25) is 11.8 Å². The number of unbranched alkanes of at least 4 members (excludes halogenated alkanes) is 12. The standard InChI is InChI=1S/C43H76N7O21P3S/c1-28-29(51)23-30(52)42(68-28)65-21-16-14-12-10-8-6-4-5-7-9-11-13-15-17-33(54)75-22-20-45-32(53)18-19-46-40(57)37(56)43(2,3)25-67-74(63,64)71-73(61,62)66-24-31-36(70-72(58,59)60)35(55)41(69-31)50-27-49-34-38(44)47-26-48-39(34)50/h26-31,35-37,41-42,51-52,55-56H,4-25H2,1-3H3,(H,45,53)(H,46,57)(H,61,62)(H,63,64)(H2,44,47,48)(H2,58,59,60)/p-4/t28-,29+,30+,31+,35+,36+,37-,41+,42+/m0/s1. The molecule has 2 aliphatic heterocycles. The topological polar surface area (TPSA) is 434 Å². The molecule has 0 aliphatic carbocycles. The summed E-state index contributed by atoms with van der Waals surface area (Å²) in [6.45, 7) is 2.41. The number of nitrogens with two attached hydrogens (primary N) is 1. The van der Waals surface area contributed by atoms with Crippen LogP contribution in [0.5, 0.6) is 0 Å². The van der Waals surface area contributed by atoms with Gasteiger partial charge in [-0.1, -0.05) is 96.2 Å².